The number of fused-ring (bicyclic) bond motifs is 3. The maximum absolute atomic E-state index is 10.6. The van der Waals surface area contributed by atoms with Gasteiger partial charge in [-0.1, -0.05) is 25.1 Å². The second-order valence-corrected chi connectivity index (χ2v) is 8.02. The Morgan fingerprint density at radius 3 is 2.76 bits per heavy atom. The van der Waals surface area contributed by atoms with Crippen molar-refractivity contribution in [2.24, 2.45) is 4.99 Å². The number of pyridine rings is 1. The van der Waals surface area contributed by atoms with Gasteiger partial charge < -0.3 is 15.4 Å². The van der Waals surface area contributed by atoms with Crippen LogP contribution in [0, 0.1) is 0 Å². The molecule has 3 N–H and O–H groups in total. The lowest BCUT2D eigenvalue weighted by atomic mass is 10.1. The number of imidazole rings is 1. The van der Waals surface area contributed by atoms with E-state index in [1.807, 2.05) is 24.3 Å². The number of hydrogen-bond acceptors (Lipinski definition) is 7. The minimum atomic E-state index is -0.896. The Balaban J connectivity index is 2.08. The van der Waals surface area contributed by atoms with Gasteiger partial charge in [-0.05, 0) is 45.1 Å². The van der Waals surface area contributed by atoms with Gasteiger partial charge >= 0.3 is 0 Å². The van der Waals surface area contributed by atoms with Crippen molar-refractivity contribution in [1.29, 1.82) is 0 Å². The monoisotopic (exact) mass is 412 g/mol. The number of benzene rings is 1. The van der Waals surface area contributed by atoms with Gasteiger partial charge in [0.15, 0.2) is 5.82 Å². The molecule has 0 bridgehead atoms. The quantitative estimate of drug-likeness (QED) is 0.318. The van der Waals surface area contributed by atoms with Gasteiger partial charge in [-0.3, -0.25) is 4.90 Å². The summed E-state index contributed by atoms with van der Waals surface area (Å²) in [5.74, 6) is 1.28. The van der Waals surface area contributed by atoms with E-state index in [2.05, 4.69) is 43.7 Å². The number of nitrogen functional groups attached to an aromatic ring is 1. The molecule has 154 valence electrons. The van der Waals surface area contributed by atoms with Crippen molar-refractivity contribution in [2.75, 3.05) is 25.4 Å². The van der Waals surface area contributed by atoms with Crippen molar-refractivity contribution >= 4 is 45.1 Å². The number of para-hydroxylation sites is 1. The fourth-order valence-corrected chi connectivity index (χ4v) is 3.64. The van der Waals surface area contributed by atoms with Crippen molar-refractivity contribution in [2.45, 2.75) is 45.9 Å². The summed E-state index contributed by atoms with van der Waals surface area (Å²) in [4.78, 5) is 15.7. The molecule has 1 aromatic carbocycles. The van der Waals surface area contributed by atoms with E-state index >= 15 is 0 Å². The summed E-state index contributed by atoms with van der Waals surface area (Å²) < 4.78 is 2.09. The molecule has 8 heteroatoms. The van der Waals surface area contributed by atoms with Gasteiger partial charge in [0.25, 0.3) is 0 Å². The summed E-state index contributed by atoms with van der Waals surface area (Å²) in [6, 6.07) is 7.90. The van der Waals surface area contributed by atoms with Crippen molar-refractivity contribution in [3.8, 4) is 0 Å². The Bertz CT molecular complexity index is 1050. The molecule has 2 heterocycles. The highest BCUT2D eigenvalue weighted by atomic mass is 32.1. The predicted octanol–water partition coefficient (Wildman–Crippen LogP) is 3.25. The number of aliphatic hydroxyl groups is 1. The number of nitrogens with zero attached hydrogens (tertiary/aromatic N) is 5. The number of nitrogens with two attached hydrogens (primary N) is 1. The maximum Gasteiger partial charge on any atom is 0.152 e. The van der Waals surface area contributed by atoms with Gasteiger partial charge in [-0.25, -0.2) is 15.0 Å². The lowest BCUT2D eigenvalue weighted by Gasteiger charge is -2.24. The van der Waals surface area contributed by atoms with E-state index < -0.39 is 5.60 Å². The number of rotatable bonds is 9. The first-order valence-corrected chi connectivity index (χ1v) is 10.3. The lowest BCUT2D eigenvalue weighted by molar-refractivity contribution is 0.0611. The van der Waals surface area contributed by atoms with E-state index in [0.29, 0.717) is 31.0 Å². The van der Waals surface area contributed by atoms with Crippen LogP contribution < -0.4 is 5.73 Å². The smallest absolute Gasteiger partial charge is 0.152 e. The topological polar surface area (TPSA) is 92.6 Å². The number of isothiocyanates is 1. The normalized spacial score (nSPS) is 12.0. The third-order valence-corrected chi connectivity index (χ3v) is 4.98. The molecule has 0 saturated carbocycles. The molecule has 0 aliphatic carbocycles. The Hall–Kier alpha value is -2.38. The summed E-state index contributed by atoms with van der Waals surface area (Å²) in [6.07, 6.45) is 0.899. The van der Waals surface area contributed by atoms with Gasteiger partial charge in [0, 0.05) is 11.9 Å². The summed E-state index contributed by atoms with van der Waals surface area (Å²) in [7, 11) is 0. The van der Waals surface area contributed by atoms with E-state index in [-0.39, 0.29) is 0 Å². The van der Waals surface area contributed by atoms with Gasteiger partial charge in [0.05, 0.1) is 41.4 Å². The van der Waals surface area contributed by atoms with Crippen LogP contribution in [-0.4, -0.2) is 54.9 Å². The third kappa shape index (κ3) is 4.97. The molecular weight excluding hydrogens is 384 g/mol. The van der Waals surface area contributed by atoms with E-state index in [9.17, 15) is 5.11 Å². The molecular formula is C21H28N6OS. The van der Waals surface area contributed by atoms with E-state index in [0.717, 1.165) is 41.8 Å². The minimum Gasteiger partial charge on any atom is -0.389 e. The summed E-state index contributed by atoms with van der Waals surface area (Å²) in [5.41, 5.74) is 7.79. The molecule has 0 saturated heterocycles. The zero-order valence-electron chi connectivity index (χ0n) is 17.2. The van der Waals surface area contributed by atoms with Crippen LogP contribution in [0.25, 0.3) is 21.9 Å². The summed E-state index contributed by atoms with van der Waals surface area (Å²) >= 11 is 4.63. The summed E-state index contributed by atoms with van der Waals surface area (Å²) in [6.45, 7) is 9.21. The highest BCUT2D eigenvalue weighted by molar-refractivity contribution is 7.78. The molecule has 0 radical (unpaired) electrons. The Labute approximate surface area is 176 Å². The van der Waals surface area contributed by atoms with Crippen LogP contribution >= 0.6 is 12.2 Å². The second-order valence-electron chi connectivity index (χ2n) is 7.83. The molecule has 0 fully saturated rings. The number of aromatic nitrogens is 3. The van der Waals surface area contributed by atoms with Gasteiger partial charge in [0.1, 0.15) is 11.3 Å². The van der Waals surface area contributed by atoms with E-state index in [1.165, 1.54) is 0 Å². The average Bonchev–Trinajstić information content (AvgIpc) is 3.01. The SMILES string of the molecule is CCN(CCCN=C=S)Cc1nc2c(N)nc3ccccc3c2n1CC(C)(C)O. The first-order valence-electron chi connectivity index (χ1n) is 9.85. The highest BCUT2D eigenvalue weighted by Crippen LogP contribution is 2.30. The molecule has 7 nitrogen and oxygen atoms in total. The van der Waals surface area contributed by atoms with Gasteiger partial charge in [0.2, 0.25) is 0 Å². The lowest BCUT2D eigenvalue weighted by Crippen LogP contribution is -2.30. The van der Waals surface area contributed by atoms with Crippen LogP contribution in [0.4, 0.5) is 5.82 Å². The van der Waals surface area contributed by atoms with Crippen molar-refractivity contribution in [3.05, 3.63) is 30.1 Å². The Morgan fingerprint density at radius 1 is 1.31 bits per heavy atom. The minimum absolute atomic E-state index is 0.410. The number of thiocarbonyl (C=S) groups is 1. The standard InChI is InChI=1S/C21H28N6OS/c1-4-26(11-7-10-23-14-29)12-17-25-18-19(27(17)13-21(2,3)28)15-8-5-6-9-16(15)24-20(18)22/h5-6,8-9,28H,4,7,10-13H2,1-3H3,(H2,22,24). The van der Waals surface area contributed by atoms with Crippen molar-refractivity contribution in [1.82, 2.24) is 19.4 Å². The van der Waals surface area contributed by atoms with Crippen LogP contribution in [0.2, 0.25) is 0 Å². The maximum atomic E-state index is 10.6. The fraction of sp³-hybridized carbons (Fsp3) is 0.476. The molecule has 3 rings (SSSR count). The van der Waals surface area contributed by atoms with Crippen molar-refractivity contribution < 1.29 is 5.11 Å². The highest BCUT2D eigenvalue weighted by Gasteiger charge is 2.23. The molecule has 0 amide bonds. The van der Waals surface area contributed by atoms with Crippen LogP contribution in [0.15, 0.2) is 29.3 Å². The van der Waals surface area contributed by atoms with Gasteiger partial charge in [-0.2, -0.15) is 0 Å². The van der Waals surface area contributed by atoms with Crippen LogP contribution in [0.5, 0.6) is 0 Å². The average molecular weight is 413 g/mol. The molecule has 0 atom stereocenters. The molecule has 3 aromatic rings. The zero-order valence-corrected chi connectivity index (χ0v) is 18.0. The molecule has 29 heavy (non-hydrogen) atoms. The number of aliphatic imine (C=N–C) groups is 1. The van der Waals surface area contributed by atoms with Gasteiger partial charge in [-0.15, -0.1) is 0 Å². The summed E-state index contributed by atoms with van der Waals surface area (Å²) in [5, 5.41) is 14.0. The predicted molar refractivity (Wildman–Crippen MR) is 121 cm³/mol. The molecule has 0 aliphatic heterocycles. The largest absolute Gasteiger partial charge is 0.389 e. The Kier molecular flexibility index (Phi) is 6.59. The molecule has 0 unspecified atom stereocenters. The van der Waals surface area contributed by atoms with Crippen molar-refractivity contribution in [3.63, 3.8) is 0 Å². The fourth-order valence-electron chi connectivity index (χ4n) is 3.55. The first-order chi connectivity index (χ1) is 13.8. The van der Waals surface area contributed by atoms with E-state index in [4.69, 9.17) is 10.7 Å². The second kappa shape index (κ2) is 8.97. The third-order valence-electron chi connectivity index (χ3n) is 4.86. The van der Waals surface area contributed by atoms with E-state index in [1.54, 1.807) is 13.8 Å². The number of hydrogen-bond donors (Lipinski definition) is 2. The molecule has 0 spiro atoms. The van der Waals surface area contributed by atoms with Crippen LogP contribution in [-0.2, 0) is 13.1 Å². The number of anilines is 1. The van der Waals surface area contributed by atoms with Crippen LogP contribution in [0.3, 0.4) is 0 Å². The van der Waals surface area contributed by atoms with Crippen LogP contribution in [0.1, 0.15) is 33.0 Å². The zero-order chi connectivity index (χ0) is 21.0. The first kappa shape index (κ1) is 21.3. The Morgan fingerprint density at radius 2 is 2.07 bits per heavy atom. The molecule has 0 aliphatic rings. The molecule has 2 aromatic heterocycles.